The van der Waals surface area contributed by atoms with Crippen molar-refractivity contribution in [3.05, 3.63) is 47.0 Å². The van der Waals surface area contributed by atoms with Gasteiger partial charge in [0.05, 0.1) is 5.69 Å². The maximum atomic E-state index is 13.5. The Hall–Kier alpha value is -1.84. The van der Waals surface area contributed by atoms with E-state index in [-0.39, 0.29) is 5.82 Å². The molecule has 0 aliphatic rings. The lowest BCUT2D eigenvalue weighted by Gasteiger charge is -2.05. The highest BCUT2D eigenvalue weighted by molar-refractivity contribution is 5.32. The average molecular weight is 219 g/mol. The molecule has 0 radical (unpaired) electrons. The number of benzene rings is 1. The second kappa shape index (κ2) is 3.96. The van der Waals surface area contributed by atoms with E-state index in [4.69, 9.17) is 5.73 Å². The molecule has 2 rings (SSSR count). The Bertz CT molecular complexity index is 517. The van der Waals surface area contributed by atoms with E-state index in [2.05, 4.69) is 4.98 Å². The van der Waals surface area contributed by atoms with Crippen LogP contribution in [0, 0.1) is 12.7 Å². The zero-order valence-corrected chi connectivity index (χ0v) is 9.37. The molecule has 2 aromatic rings. The molecule has 1 aromatic carbocycles. The fourth-order valence-corrected chi connectivity index (χ4v) is 1.76. The molecule has 0 unspecified atom stereocenters. The van der Waals surface area contributed by atoms with Crippen LogP contribution in [0.15, 0.2) is 24.3 Å². The molecule has 1 aromatic heterocycles. The molecule has 1 heterocycles. The van der Waals surface area contributed by atoms with Crippen LogP contribution in [0.4, 0.5) is 10.3 Å². The first-order chi connectivity index (χ1) is 7.59. The van der Waals surface area contributed by atoms with Crippen LogP contribution < -0.4 is 5.73 Å². The standard InChI is InChI=1S/C12H14FN3/c1-8-11(16(2)12(14)15-8)7-9-5-3-4-6-10(9)13/h3-6H,7H2,1-2H3,(H2,14,15). The smallest absolute Gasteiger partial charge is 0.200 e. The molecule has 0 saturated carbocycles. The van der Waals surface area contributed by atoms with Crippen molar-refractivity contribution in [1.29, 1.82) is 0 Å². The molecule has 0 atom stereocenters. The maximum Gasteiger partial charge on any atom is 0.200 e. The van der Waals surface area contributed by atoms with Gasteiger partial charge in [0.15, 0.2) is 5.95 Å². The van der Waals surface area contributed by atoms with Crippen LogP contribution in [-0.2, 0) is 13.5 Å². The highest BCUT2D eigenvalue weighted by Gasteiger charge is 2.11. The molecular weight excluding hydrogens is 205 g/mol. The highest BCUT2D eigenvalue weighted by atomic mass is 19.1. The van der Waals surface area contributed by atoms with Crippen LogP contribution in [0.3, 0.4) is 0 Å². The number of aromatic nitrogens is 2. The number of halogens is 1. The third-order valence-electron chi connectivity index (χ3n) is 2.76. The van der Waals surface area contributed by atoms with E-state index in [9.17, 15) is 4.39 Å². The van der Waals surface area contributed by atoms with Gasteiger partial charge in [-0.1, -0.05) is 18.2 Å². The number of aryl methyl sites for hydroxylation is 1. The minimum atomic E-state index is -0.193. The molecule has 16 heavy (non-hydrogen) atoms. The minimum Gasteiger partial charge on any atom is -0.369 e. The molecule has 0 aliphatic heterocycles. The summed E-state index contributed by atoms with van der Waals surface area (Å²) in [5.74, 6) is 0.269. The fraction of sp³-hybridized carbons (Fsp3) is 0.250. The van der Waals surface area contributed by atoms with E-state index in [1.807, 2.05) is 20.0 Å². The molecule has 0 amide bonds. The third-order valence-corrected chi connectivity index (χ3v) is 2.76. The van der Waals surface area contributed by atoms with Crippen LogP contribution in [0.1, 0.15) is 17.0 Å². The molecule has 4 heteroatoms. The van der Waals surface area contributed by atoms with Gasteiger partial charge in [0.2, 0.25) is 0 Å². The van der Waals surface area contributed by atoms with Crippen molar-refractivity contribution in [2.45, 2.75) is 13.3 Å². The number of rotatable bonds is 2. The second-order valence-corrected chi connectivity index (χ2v) is 3.83. The number of nitrogen functional groups attached to an aromatic ring is 1. The van der Waals surface area contributed by atoms with Crippen molar-refractivity contribution in [3.8, 4) is 0 Å². The second-order valence-electron chi connectivity index (χ2n) is 3.83. The van der Waals surface area contributed by atoms with Gasteiger partial charge in [0.1, 0.15) is 5.82 Å². The van der Waals surface area contributed by atoms with Crippen molar-refractivity contribution < 1.29 is 4.39 Å². The highest BCUT2D eigenvalue weighted by Crippen LogP contribution is 2.17. The minimum absolute atomic E-state index is 0.193. The Kier molecular flexibility index (Phi) is 2.64. The first-order valence-corrected chi connectivity index (χ1v) is 5.10. The monoisotopic (exact) mass is 219 g/mol. The van der Waals surface area contributed by atoms with Gasteiger partial charge in [0, 0.05) is 19.2 Å². The van der Waals surface area contributed by atoms with Crippen LogP contribution in [0.5, 0.6) is 0 Å². The number of nitrogens with zero attached hydrogens (tertiary/aromatic N) is 2. The van der Waals surface area contributed by atoms with Crippen molar-refractivity contribution >= 4 is 5.95 Å². The SMILES string of the molecule is Cc1nc(N)n(C)c1Cc1ccccc1F. The summed E-state index contributed by atoms with van der Waals surface area (Å²) in [4.78, 5) is 4.15. The summed E-state index contributed by atoms with van der Waals surface area (Å²) in [6.45, 7) is 1.88. The van der Waals surface area contributed by atoms with Gasteiger partial charge in [-0.2, -0.15) is 0 Å². The zero-order chi connectivity index (χ0) is 11.7. The van der Waals surface area contributed by atoms with Crippen molar-refractivity contribution in [1.82, 2.24) is 9.55 Å². The summed E-state index contributed by atoms with van der Waals surface area (Å²) in [5.41, 5.74) is 8.15. The maximum absolute atomic E-state index is 13.5. The summed E-state index contributed by atoms with van der Waals surface area (Å²) in [6.07, 6.45) is 0.513. The normalized spacial score (nSPS) is 10.7. The Morgan fingerprint density at radius 3 is 2.62 bits per heavy atom. The molecule has 0 saturated heterocycles. The third kappa shape index (κ3) is 1.78. The number of hydrogen-bond donors (Lipinski definition) is 1. The quantitative estimate of drug-likeness (QED) is 0.840. The largest absolute Gasteiger partial charge is 0.369 e. The lowest BCUT2D eigenvalue weighted by Crippen LogP contribution is -2.03. The van der Waals surface area contributed by atoms with E-state index in [0.29, 0.717) is 17.9 Å². The number of imidazole rings is 1. The Morgan fingerprint density at radius 1 is 1.38 bits per heavy atom. The lowest BCUT2D eigenvalue weighted by atomic mass is 10.1. The van der Waals surface area contributed by atoms with Crippen molar-refractivity contribution in [2.75, 3.05) is 5.73 Å². The first kappa shape index (κ1) is 10.7. The average Bonchev–Trinajstić information content (AvgIpc) is 2.48. The number of anilines is 1. The van der Waals surface area contributed by atoms with Gasteiger partial charge in [-0.05, 0) is 18.6 Å². The zero-order valence-electron chi connectivity index (χ0n) is 9.37. The first-order valence-electron chi connectivity index (χ1n) is 5.10. The summed E-state index contributed by atoms with van der Waals surface area (Å²) in [5, 5.41) is 0. The Balaban J connectivity index is 2.38. The van der Waals surface area contributed by atoms with Crippen molar-refractivity contribution in [3.63, 3.8) is 0 Å². The van der Waals surface area contributed by atoms with Gasteiger partial charge in [-0.25, -0.2) is 9.37 Å². The molecule has 2 N–H and O–H groups in total. The Labute approximate surface area is 93.7 Å². The van der Waals surface area contributed by atoms with E-state index in [1.165, 1.54) is 6.07 Å². The topological polar surface area (TPSA) is 43.8 Å². The molecule has 0 spiro atoms. The Morgan fingerprint density at radius 2 is 2.06 bits per heavy atom. The number of hydrogen-bond acceptors (Lipinski definition) is 2. The lowest BCUT2D eigenvalue weighted by molar-refractivity contribution is 0.611. The molecule has 3 nitrogen and oxygen atoms in total. The fourth-order valence-electron chi connectivity index (χ4n) is 1.76. The summed E-state index contributed by atoms with van der Waals surface area (Å²) in [6, 6.07) is 6.75. The molecule has 0 bridgehead atoms. The van der Waals surface area contributed by atoms with E-state index >= 15 is 0 Å². The molecule has 0 fully saturated rings. The van der Waals surface area contributed by atoms with E-state index in [0.717, 1.165) is 11.4 Å². The van der Waals surface area contributed by atoms with E-state index < -0.39 is 0 Å². The van der Waals surface area contributed by atoms with Crippen LogP contribution >= 0.6 is 0 Å². The van der Waals surface area contributed by atoms with Crippen LogP contribution in [-0.4, -0.2) is 9.55 Å². The van der Waals surface area contributed by atoms with Gasteiger partial charge >= 0.3 is 0 Å². The van der Waals surface area contributed by atoms with Gasteiger partial charge in [-0.3, -0.25) is 0 Å². The van der Waals surface area contributed by atoms with Gasteiger partial charge in [-0.15, -0.1) is 0 Å². The summed E-state index contributed by atoms with van der Waals surface area (Å²) < 4.78 is 15.3. The van der Waals surface area contributed by atoms with Crippen LogP contribution in [0.25, 0.3) is 0 Å². The molecule has 84 valence electrons. The summed E-state index contributed by atoms with van der Waals surface area (Å²) >= 11 is 0. The summed E-state index contributed by atoms with van der Waals surface area (Å²) in [7, 11) is 1.84. The van der Waals surface area contributed by atoms with Gasteiger partial charge < -0.3 is 10.3 Å². The number of nitrogens with two attached hydrogens (primary N) is 1. The van der Waals surface area contributed by atoms with E-state index in [1.54, 1.807) is 16.7 Å². The molecule has 0 aliphatic carbocycles. The van der Waals surface area contributed by atoms with Crippen molar-refractivity contribution in [2.24, 2.45) is 7.05 Å². The molecular formula is C12H14FN3. The predicted octanol–water partition coefficient (Wildman–Crippen LogP) is 2.04. The predicted molar refractivity (Wildman–Crippen MR) is 61.6 cm³/mol. The van der Waals surface area contributed by atoms with Gasteiger partial charge in [0.25, 0.3) is 0 Å². The van der Waals surface area contributed by atoms with Crippen LogP contribution in [0.2, 0.25) is 0 Å².